The van der Waals surface area contributed by atoms with Gasteiger partial charge in [0.05, 0.1) is 0 Å². The van der Waals surface area contributed by atoms with Gasteiger partial charge in [-0.25, -0.2) is 9.79 Å². The minimum absolute atomic E-state index is 0.240. The van der Waals surface area contributed by atoms with Gasteiger partial charge in [-0.15, -0.1) is 0 Å². The zero-order chi connectivity index (χ0) is 20.1. The third-order valence-corrected chi connectivity index (χ3v) is 4.69. The van der Waals surface area contributed by atoms with E-state index in [2.05, 4.69) is 4.99 Å². The lowest BCUT2D eigenvalue weighted by atomic mass is 9.81. The molecule has 2 aromatic carbocycles. The molecule has 1 heterocycles. The topological polar surface area (TPSA) is 65.0 Å². The average Bonchev–Trinajstić information content (AvgIpc) is 3.05. The maximum absolute atomic E-state index is 13.0. The molecule has 144 valence electrons. The highest BCUT2D eigenvalue weighted by Crippen LogP contribution is 2.36. The van der Waals surface area contributed by atoms with Crippen LogP contribution in [0, 0.1) is 5.92 Å². The molecule has 2 atom stereocenters. The Balaban J connectivity index is 2.05. The van der Waals surface area contributed by atoms with Crippen molar-refractivity contribution < 1.29 is 19.1 Å². The van der Waals surface area contributed by atoms with E-state index in [4.69, 9.17) is 9.47 Å². The van der Waals surface area contributed by atoms with Crippen LogP contribution in [0.25, 0.3) is 6.08 Å². The van der Waals surface area contributed by atoms with E-state index in [0.717, 1.165) is 5.56 Å². The molecule has 0 aliphatic carbocycles. The van der Waals surface area contributed by atoms with Crippen molar-refractivity contribution >= 4 is 23.9 Å². The summed E-state index contributed by atoms with van der Waals surface area (Å²) in [5.74, 6) is -1.03. The first kappa shape index (κ1) is 19.5. The van der Waals surface area contributed by atoms with E-state index >= 15 is 0 Å². The second-order valence-electron chi connectivity index (χ2n) is 6.95. The zero-order valence-electron chi connectivity index (χ0n) is 16.2. The first-order chi connectivity index (χ1) is 13.4. The van der Waals surface area contributed by atoms with Gasteiger partial charge in [0.2, 0.25) is 11.4 Å². The fourth-order valence-corrected chi connectivity index (χ4v) is 3.20. The molecule has 2 aromatic rings. The summed E-state index contributed by atoms with van der Waals surface area (Å²) in [5.41, 5.74) is 0.284. The van der Waals surface area contributed by atoms with Crippen molar-refractivity contribution in [1.82, 2.24) is 0 Å². The number of ether oxygens (including phenoxy) is 2. The van der Waals surface area contributed by atoms with Crippen LogP contribution in [-0.2, 0) is 19.1 Å². The van der Waals surface area contributed by atoms with Gasteiger partial charge in [-0.3, -0.25) is 4.79 Å². The second kappa shape index (κ2) is 8.21. The van der Waals surface area contributed by atoms with Crippen molar-refractivity contribution in [3.63, 3.8) is 0 Å². The van der Waals surface area contributed by atoms with E-state index in [0.29, 0.717) is 5.56 Å². The molecule has 5 nitrogen and oxygen atoms in total. The number of hydrogen-bond acceptors (Lipinski definition) is 5. The predicted octanol–water partition coefficient (Wildman–Crippen LogP) is 4.03. The van der Waals surface area contributed by atoms with Crippen LogP contribution >= 0.6 is 0 Å². The maximum Gasteiger partial charge on any atom is 0.345 e. The molecule has 0 bridgehead atoms. The van der Waals surface area contributed by atoms with Gasteiger partial charge in [-0.05, 0) is 29.7 Å². The van der Waals surface area contributed by atoms with Crippen LogP contribution in [0.3, 0.4) is 0 Å². The number of nitrogens with zero attached hydrogens (tertiary/aromatic N) is 1. The van der Waals surface area contributed by atoms with E-state index in [-0.39, 0.29) is 11.8 Å². The number of carbonyl (C=O) groups is 2. The molecular formula is C23H23NO4. The lowest BCUT2D eigenvalue weighted by molar-refractivity contribution is -0.155. The van der Waals surface area contributed by atoms with E-state index in [1.807, 2.05) is 80.6 Å². The standard InChI is InChI=1S/C23H23NO4/c1-16(2)23(22(26)28-21(24-23)19-12-8-5-9-13-19)20(27-17(3)25)15-14-18-10-6-4-7-11-18/h4-16,20H,1-3H3/t20-,23-/m1/s1. The van der Waals surface area contributed by atoms with Gasteiger partial charge in [-0.1, -0.05) is 68.5 Å². The van der Waals surface area contributed by atoms with Gasteiger partial charge >= 0.3 is 11.9 Å². The van der Waals surface area contributed by atoms with E-state index in [1.54, 1.807) is 6.08 Å². The average molecular weight is 377 g/mol. The van der Waals surface area contributed by atoms with Crippen LogP contribution in [0.15, 0.2) is 71.7 Å². The van der Waals surface area contributed by atoms with Crippen molar-refractivity contribution in [3.8, 4) is 0 Å². The lowest BCUT2D eigenvalue weighted by Crippen LogP contribution is -2.51. The molecule has 0 unspecified atom stereocenters. The monoisotopic (exact) mass is 377 g/mol. The molecule has 1 aliphatic rings. The van der Waals surface area contributed by atoms with Crippen LogP contribution in [-0.4, -0.2) is 29.5 Å². The third-order valence-electron chi connectivity index (χ3n) is 4.69. The molecule has 0 amide bonds. The number of cyclic esters (lactones) is 1. The van der Waals surface area contributed by atoms with Crippen molar-refractivity contribution in [2.45, 2.75) is 32.4 Å². The Morgan fingerprint density at radius 1 is 1.07 bits per heavy atom. The van der Waals surface area contributed by atoms with Crippen molar-refractivity contribution in [3.05, 3.63) is 77.9 Å². The highest BCUT2D eigenvalue weighted by Gasteiger charge is 2.55. The largest absolute Gasteiger partial charge is 0.455 e. The molecule has 0 spiro atoms. The molecule has 5 heteroatoms. The van der Waals surface area contributed by atoms with E-state index < -0.39 is 23.6 Å². The zero-order valence-corrected chi connectivity index (χ0v) is 16.2. The summed E-state index contributed by atoms with van der Waals surface area (Å²) < 4.78 is 11.1. The van der Waals surface area contributed by atoms with Crippen molar-refractivity contribution in [2.24, 2.45) is 10.9 Å². The Morgan fingerprint density at radius 2 is 1.68 bits per heavy atom. The number of aliphatic imine (C=N–C) groups is 1. The normalized spacial score (nSPS) is 20.1. The Morgan fingerprint density at radius 3 is 2.25 bits per heavy atom. The first-order valence-corrected chi connectivity index (χ1v) is 9.21. The van der Waals surface area contributed by atoms with E-state index in [9.17, 15) is 9.59 Å². The van der Waals surface area contributed by atoms with Crippen LogP contribution in [0.5, 0.6) is 0 Å². The number of hydrogen-bond donors (Lipinski definition) is 0. The highest BCUT2D eigenvalue weighted by molar-refractivity contribution is 6.08. The Bertz CT molecular complexity index is 903. The predicted molar refractivity (Wildman–Crippen MR) is 108 cm³/mol. The summed E-state index contributed by atoms with van der Waals surface area (Å²) in [6, 6.07) is 18.8. The fourth-order valence-electron chi connectivity index (χ4n) is 3.20. The number of carbonyl (C=O) groups excluding carboxylic acids is 2. The van der Waals surface area contributed by atoms with Gasteiger partial charge in [0.15, 0.2) is 6.10 Å². The summed E-state index contributed by atoms with van der Waals surface area (Å²) in [6.07, 6.45) is 2.63. The molecule has 0 radical (unpaired) electrons. The molecule has 0 aromatic heterocycles. The number of benzene rings is 2. The van der Waals surface area contributed by atoms with Gasteiger partial charge in [0.25, 0.3) is 0 Å². The summed E-state index contributed by atoms with van der Waals surface area (Å²) in [4.78, 5) is 29.4. The quantitative estimate of drug-likeness (QED) is 0.713. The SMILES string of the molecule is CC(=O)O[C@H](C=Cc1ccccc1)[C@@]1(C(C)C)N=C(c2ccccc2)OC1=O. The number of esters is 2. The molecule has 28 heavy (non-hydrogen) atoms. The van der Waals surface area contributed by atoms with Gasteiger partial charge in [-0.2, -0.15) is 0 Å². The van der Waals surface area contributed by atoms with Crippen LogP contribution in [0.2, 0.25) is 0 Å². The Labute approximate surface area is 164 Å². The lowest BCUT2D eigenvalue weighted by Gasteiger charge is -2.32. The molecule has 0 saturated carbocycles. The van der Waals surface area contributed by atoms with Gasteiger partial charge in [0, 0.05) is 12.5 Å². The third kappa shape index (κ3) is 3.88. The highest BCUT2D eigenvalue weighted by atomic mass is 16.6. The van der Waals surface area contributed by atoms with Crippen LogP contribution in [0.4, 0.5) is 0 Å². The fraction of sp³-hybridized carbons (Fsp3) is 0.261. The first-order valence-electron chi connectivity index (χ1n) is 9.21. The van der Waals surface area contributed by atoms with Gasteiger partial charge in [0.1, 0.15) is 0 Å². The molecule has 0 N–H and O–H groups in total. The Kier molecular flexibility index (Phi) is 5.73. The summed E-state index contributed by atoms with van der Waals surface area (Å²) >= 11 is 0. The molecule has 1 aliphatic heterocycles. The minimum Gasteiger partial charge on any atom is -0.455 e. The van der Waals surface area contributed by atoms with Crippen LogP contribution in [0.1, 0.15) is 31.9 Å². The molecule has 0 saturated heterocycles. The van der Waals surface area contributed by atoms with Crippen LogP contribution < -0.4 is 0 Å². The van der Waals surface area contributed by atoms with E-state index in [1.165, 1.54) is 6.92 Å². The van der Waals surface area contributed by atoms with Crippen molar-refractivity contribution in [2.75, 3.05) is 0 Å². The summed E-state index contributed by atoms with van der Waals surface area (Å²) in [6.45, 7) is 5.05. The van der Waals surface area contributed by atoms with Gasteiger partial charge < -0.3 is 9.47 Å². The molecule has 0 fully saturated rings. The second-order valence-corrected chi connectivity index (χ2v) is 6.95. The summed E-state index contributed by atoms with van der Waals surface area (Å²) in [5, 5.41) is 0. The minimum atomic E-state index is -1.35. The summed E-state index contributed by atoms with van der Waals surface area (Å²) in [7, 11) is 0. The maximum atomic E-state index is 13.0. The van der Waals surface area contributed by atoms with Crippen molar-refractivity contribution in [1.29, 1.82) is 0 Å². The molecular weight excluding hydrogens is 354 g/mol. The molecule has 3 rings (SSSR count). The Hall–Kier alpha value is -3.21. The smallest absolute Gasteiger partial charge is 0.345 e. The number of rotatable bonds is 6.